The van der Waals surface area contributed by atoms with Gasteiger partial charge in [-0.3, -0.25) is 5.73 Å². The van der Waals surface area contributed by atoms with Crippen molar-refractivity contribution in [1.29, 1.82) is 10.5 Å². The molecule has 1 aliphatic carbocycles. The fourth-order valence-corrected chi connectivity index (χ4v) is 4.57. The summed E-state index contributed by atoms with van der Waals surface area (Å²) in [6, 6.07) is 10.2. The summed E-state index contributed by atoms with van der Waals surface area (Å²) >= 11 is 0. The van der Waals surface area contributed by atoms with E-state index >= 15 is 0 Å². The minimum Gasteiger partial charge on any atom is -0.311 e. The van der Waals surface area contributed by atoms with Crippen LogP contribution < -0.4 is 10.7 Å². The molecule has 0 radical (unpaired) electrons. The molecule has 116 valence electrons. The van der Waals surface area contributed by atoms with E-state index in [0.29, 0.717) is 18.8 Å². The maximum Gasteiger partial charge on any atom is 0.343 e. The molecule has 3 N–H and O–H groups in total. The smallest absolute Gasteiger partial charge is 0.311 e. The zero-order valence-electron chi connectivity index (χ0n) is 12.4. The number of amidine groups is 1. The number of nitrogens with zero attached hydrogens (tertiary/aromatic N) is 2. The lowest BCUT2D eigenvalue weighted by atomic mass is 9.84. The summed E-state index contributed by atoms with van der Waals surface area (Å²) in [5.74, 6) is -1.70. The van der Waals surface area contributed by atoms with Gasteiger partial charge in [-0.25, -0.2) is 9.38 Å². The zero-order valence-corrected chi connectivity index (χ0v) is 12.4. The Morgan fingerprint density at radius 1 is 1.17 bits per heavy atom. The molecule has 4 rings (SSSR count). The SMILES string of the molecule is C[C@]1(c2ccc(F)cc2)[C@]2(C#N)C(N)=[NH+]C3(OCCO3)[C@@]21C#N. The van der Waals surface area contributed by atoms with Crippen molar-refractivity contribution in [3.8, 4) is 12.1 Å². The number of ether oxygens (including phenoxy) is 2. The molecule has 1 saturated heterocycles. The summed E-state index contributed by atoms with van der Waals surface area (Å²) in [6.07, 6.45) is 0. The quantitative estimate of drug-likeness (QED) is 0.711. The monoisotopic (exact) mass is 313 g/mol. The van der Waals surface area contributed by atoms with Crippen molar-refractivity contribution < 1.29 is 18.9 Å². The molecular formula is C16H14FN4O2+. The Balaban J connectivity index is 2.00. The first kappa shape index (κ1) is 14.1. The number of fused-ring (bicyclic) bond motifs is 2. The van der Waals surface area contributed by atoms with Gasteiger partial charge >= 0.3 is 5.91 Å². The first-order valence-corrected chi connectivity index (χ1v) is 7.23. The largest absolute Gasteiger partial charge is 0.343 e. The number of hydrogen-bond acceptors (Lipinski definition) is 5. The van der Waals surface area contributed by atoms with Gasteiger partial charge in [-0.15, -0.1) is 0 Å². The summed E-state index contributed by atoms with van der Waals surface area (Å²) in [7, 11) is 0. The summed E-state index contributed by atoms with van der Waals surface area (Å²) < 4.78 is 24.7. The third kappa shape index (κ3) is 1.11. The van der Waals surface area contributed by atoms with Crippen molar-refractivity contribution >= 4 is 5.84 Å². The second-order valence-corrected chi connectivity index (χ2v) is 6.21. The van der Waals surface area contributed by atoms with Gasteiger partial charge in [0.25, 0.3) is 5.84 Å². The van der Waals surface area contributed by atoms with Gasteiger partial charge in [0.15, 0.2) is 10.8 Å². The molecule has 23 heavy (non-hydrogen) atoms. The van der Waals surface area contributed by atoms with E-state index < -0.39 is 28.0 Å². The van der Waals surface area contributed by atoms with Crippen LogP contribution in [0, 0.1) is 39.3 Å². The van der Waals surface area contributed by atoms with Crippen LogP contribution in [0.1, 0.15) is 12.5 Å². The Kier molecular flexibility index (Phi) is 2.39. The summed E-state index contributed by atoms with van der Waals surface area (Å²) in [5.41, 5.74) is 3.13. The topological polar surface area (TPSA) is 106 Å². The molecular weight excluding hydrogens is 299 g/mol. The third-order valence-electron chi connectivity index (χ3n) is 5.65. The number of hydrogen-bond donors (Lipinski definition) is 2. The molecule has 0 unspecified atom stereocenters. The van der Waals surface area contributed by atoms with Crippen LogP contribution in [0.2, 0.25) is 0 Å². The molecule has 1 aromatic rings. The van der Waals surface area contributed by atoms with Crippen LogP contribution in [0.3, 0.4) is 0 Å². The van der Waals surface area contributed by atoms with Gasteiger partial charge < -0.3 is 9.47 Å². The number of halogens is 1. The average molecular weight is 313 g/mol. The second-order valence-electron chi connectivity index (χ2n) is 6.21. The molecule has 3 aliphatic rings. The Hall–Kier alpha value is -2.48. The summed E-state index contributed by atoms with van der Waals surface area (Å²) in [5, 5.41) is 19.9. The Morgan fingerprint density at radius 3 is 2.30 bits per heavy atom. The number of nitriles is 2. The number of benzene rings is 1. The van der Waals surface area contributed by atoms with Gasteiger partial charge in [0.2, 0.25) is 0 Å². The van der Waals surface area contributed by atoms with E-state index in [1.807, 2.05) is 0 Å². The molecule has 0 bridgehead atoms. The number of rotatable bonds is 1. The molecule has 1 saturated carbocycles. The lowest BCUT2D eigenvalue weighted by Gasteiger charge is -2.27. The molecule has 2 fully saturated rings. The van der Waals surface area contributed by atoms with Crippen LogP contribution in [-0.4, -0.2) is 25.0 Å². The van der Waals surface area contributed by atoms with Gasteiger partial charge in [0.05, 0.1) is 30.8 Å². The molecule has 6 nitrogen and oxygen atoms in total. The highest BCUT2D eigenvalue weighted by atomic mass is 19.1. The highest BCUT2D eigenvalue weighted by Gasteiger charge is 3.03. The van der Waals surface area contributed by atoms with Gasteiger partial charge in [0.1, 0.15) is 5.82 Å². The van der Waals surface area contributed by atoms with E-state index in [1.54, 1.807) is 19.1 Å². The lowest BCUT2D eigenvalue weighted by Crippen LogP contribution is -2.90. The molecule has 2 aliphatic heterocycles. The first-order valence-electron chi connectivity index (χ1n) is 7.23. The van der Waals surface area contributed by atoms with Crippen LogP contribution in [0.25, 0.3) is 0 Å². The molecule has 1 spiro atoms. The predicted octanol–water partition coefficient (Wildman–Crippen LogP) is -0.731. The van der Waals surface area contributed by atoms with Gasteiger partial charge in [-0.05, 0) is 17.7 Å². The normalized spacial score (nSPS) is 39.4. The zero-order chi connectivity index (χ0) is 16.5. The molecule has 0 aromatic heterocycles. The van der Waals surface area contributed by atoms with Crippen LogP contribution >= 0.6 is 0 Å². The molecule has 2 heterocycles. The maximum absolute atomic E-state index is 13.3. The van der Waals surface area contributed by atoms with E-state index in [0.717, 1.165) is 0 Å². The highest BCUT2D eigenvalue weighted by molar-refractivity contribution is 5.97. The van der Waals surface area contributed by atoms with Crippen LogP contribution in [-0.2, 0) is 14.9 Å². The van der Waals surface area contributed by atoms with E-state index in [-0.39, 0.29) is 5.84 Å². The van der Waals surface area contributed by atoms with Gasteiger partial charge in [0, 0.05) is 0 Å². The fourth-order valence-electron chi connectivity index (χ4n) is 4.57. The van der Waals surface area contributed by atoms with Crippen LogP contribution in [0.15, 0.2) is 24.3 Å². The van der Waals surface area contributed by atoms with E-state index in [1.165, 1.54) is 12.1 Å². The van der Waals surface area contributed by atoms with Crippen molar-refractivity contribution in [1.82, 2.24) is 0 Å². The van der Waals surface area contributed by atoms with Crippen LogP contribution in [0.5, 0.6) is 0 Å². The molecule has 3 atom stereocenters. The first-order chi connectivity index (χ1) is 11.0. The average Bonchev–Trinajstić information content (AvgIpc) is 2.83. The van der Waals surface area contributed by atoms with Crippen molar-refractivity contribution in [2.24, 2.45) is 16.6 Å². The van der Waals surface area contributed by atoms with Gasteiger partial charge in [-0.1, -0.05) is 19.1 Å². The Morgan fingerprint density at radius 2 is 1.78 bits per heavy atom. The van der Waals surface area contributed by atoms with Crippen molar-refractivity contribution in [3.63, 3.8) is 0 Å². The summed E-state index contributed by atoms with van der Waals surface area (Å²) in [4.78, 5) is 2.88. The third-order valence-corrected chi connectivity index (χ3v) is 5.65. The highest BCUT2D eigenvalue weighted by Crippen LogP contribution is 2.82. The minimum atomic E-state index is -1.45. The standard InChI is InChI=1S/C16H13FN4O2/c1-13(10-2-4-11(17)5-3-10)14(8-18)12(20)21-16(15(13,14)9-19)22-6-7-23-16/h2-5H,6-7H2,1H3,(H2,20,21)/p+1/t13-,14-,15+/m0/s1. The lowest BCUT2D eigenvalue weighted by molar-refractivity contribution is -0.677. The van der Waals surface area contributed by atoms with Crippen molar-refractivity contribution in [3.05, 3.63) is 35.6 Å². The Labute approximate surface area is 131 Å². The fraction of sp³-hybridized carbons (Fsp3) is 0.438. The second kappa shape index (κ2) is 3.88. The maximum atomic E-state index is 13.3. The van der Waals surface area contributed by atoms with Crippen molar-refractivity contribution in [2.75, 3.05) is 13.2 Å². The van der Waals surface area contributed by atoms with Crippen molar-refractivity contribution in [2.45, 2.75) is 18.2 Å². The number of nitrogens with one attached hydrogen (secondary N) is 1. The van der Waals surface area contributed by atoms with E-state index in [2.05, 4.69) is 17.1 Å². The number of nitrogens with two attached hydrogens (primary N) is 1. The predicted molar refractivity (Wildman–Crippen MR) is 74.6 cm³/mol. The van der Waals surface area contributed by atoms with E-state index in [9.17, 15) is 14.9 Å². The molecule has 7 heteroatoms. The summed E-state index contributed by atoms with van der Waals surface area (Å²) in [6.45, 7) is 2.36. The molecule has 0 amide bonds. The Bertz CT molecular complexity index is 818. The molecule has 1 aromatic carbocycles. The van der Waals surface area contributed by atoms with Gasteiger partial charge in [-0.2, -0.15) is 10.5 Å². The van der Waals surface area contributed by atoms with E-state index in [4.69, 9.17) is 15.2 Å². The minimum absolute atomic E-state index is 0.148. The van der Waals surface area contributed by atoms with Crippen LogP contribution in [0.4, 0.5) is 4.39 Å².